The fourth-order valence-electron chi connectivity index (χ4n) is 0.938. The van der Waals surface area contributed by atoms with Gasteiger partial charge in [-0.25, -0.2) is 0 Å². The molecule has 0 unspecified atom stereocenters. The minimum atomic E-state index is -0.228. The fraction of sp³-hybridized carbons (Fsp3) is 0. The van der Waals surface area contributed by atoms with Crippen LogP contribution in [-0.4, -0.2) is 6.91 Å². The Morgan fingerprint density at radius 1 is 1.40 bits per heavy atom. The van der Waals surface area contributed by atoms with Crippen LogP contribution in [0.2, 0.25) is 0 Å². The standard InChI is InChI=1S/C7H4BFO/c9-5-1-2-7-6(3-5)8-4-10-7/h1-4H. The van der Waals surface area contributed by atoms with Crippen LogP contribution in [0.1, 0.15) is 0 Å². The molecule has 0 saturated heterocycles. The third-order valence-electron chi connectivity index (χ3n) is 1.41. The zero-order valence-electron chi connectivity index (χ0n) is 5.17. The van der Waals surface area contributed by atoms with E-state index < -0.39 is 0 Å². The number of halogens is 1. The Morgan fingerprint density at radius 2 is 2.30 bits per heavy atom. The molecule has 48 valence electrons. The molecule has 0 spiro atoms. The Labute approximate surface area is 57.7 Å². The number of fused-ring (bicyclic) bond motifs is 1. The molecule has 1 nitrogen and oxygen atoms in total. The van der Waals surface area contributed by atoms with E-state index in [0.29, 0.717) is 0 Å². The second-order valence-corrected chi connectivity index (χ2v) is 2.10. The summed E-state index contributed by atoms with van der Waals surface area (Å²) in [6.45, 7) is 1.73. The van der Waals surface area contributed by atoms with Crippen molar-refractivity contribution in [3.63, 3.8) is 0 Å². The van der Waals surface area contributed by atoms with Gasteiger partial charge in [0.1, 0.15) is 0 Å². The van der Waals surface area contributed by atoms with Gasteiger partial charge in [0.2, 0.25) is 0 Å². The molecule has 0 bridgehead atoms. The third-order valence-corrected chi connectivity index (χ3v) is 1.41. The van der Waals surface area contributed by atoms with Crippen molar-refractivity contribution in [3.05, 3.63) is 30.2 Å². The molecule has 0 radical (unpaired) electrons. The second-order valence-electron chi connectivity index (χ2n) is 2.10. The van der Waals surface area contributed by atoms with Crippen LogP contribution in [0.5, 0.6) is 0 Å². The van der Waals surface area contributed by atoms with Gasteiger partial charge in [-0.3, -0.25) is 0 Å². The van der Waals surface area contributed by atoms with Gasteiger partial charge in [-0.15, -0.1) is 0 Å². The average molecular weight is 134 g/mol. The van der Waals surface area contributed by atoms with Crippen molar-refractivity contribution >= 4 is 17.8 Å². The van der Waals surface area contributed by atoms with Crippen LogP contribution in [-0.2, 0) is 0 Å². The molecule has 0 atom stereocenters. The molecule has 0 amide bonds. The number of hydrogen-bond acceptors (Lipinski definition) is 1. The fourth-order valence-corrected chi connectivity index (χ4v) is 0.938. The van der Waals surface area contributed by atoms with E-state index in [1.54, 1.807) is 19.1 Å². The molecule has 1 heterocycles. The first-order valence-corrected chi connectivity index (χ1v) is 2.99. The SMILES string of the molecule is Fc1ccc2ocbc2c1. The van der Waals surface area contributed by atoms with Crippen molar-refractivity contribution in [2.24, 2.45) is 0 Å². The first kappa shape index (κ1) is 5.65. The Morgan fingerprint density at radius 3 is 3.20 bits per heavy atom. The van der Waals surface area contributed by atoms with Crippen LogP contribution in [0.3, 0.4) is 0 Å². The molecule has 0 N–H and O–H groups in total. The second kappa shape index (κ2) is 1.94. The summed E-state index contributed by atoms with van der Waals surface area (Å²) >= 11 is 0. The predicted octanol–water partition coefficient (Wildman–Crippen LogP) is 1.91. The molecule has 1 aromatic carbocycles. The Kier molecular flexibility index (Phi) is 1.10. The monoisotopic (exact) mass is 134 g/mol. The van der Waals surface area contributed by atoms with Gasteiger partial charge >= 0.3 is 56.8 Å². The molecule has 0 aliphatic rings. The molecule has 1 aromatic heterocycles. The van der Waals surface area contributed by atoms with Crippen molar-refractivity contribution in [1.29, 1.82) is 0 Å². The Balaban J connectivity index is 2.86. The molecule has 10 heavy (non-hydrogen) atoms. The molecule has 0 aliphatic carbocycles. The van der Waals surface area contributed by atoms with Crippen molar-refractivity contribution < 1.29 is 8.81 Å². The zero-order valence-corrected chi connectivity index (χ0v) is 5.17. The first-order valence-electron chi connectivity index (χ1n) is 2.99. The van der Waals surface area contributed by atoms with E-state index in [2.05, 4.69) is 0 Å². The van der Waals surface area contributed by atoms with Crippen LogP contribution in [0.15, 0.2) is 28.8 Å². The van der Waals surface area contributed by atoms with E-state index in [4.69, 9.17) is 4.42 Å². The molecular formula is C7H4BFO. The normalized spacial score (nSPS) is 10.1. The van der Waals surface area contributed by atoms with E-state index in [-0.39, 0.29) is 5.82 Å². The van der Waals surface area contributed by atoms with Crippen LogP contribution in [0.25, 0.3) is 10.9 Å². The maximum absolute atomic E-state index is 12.5. The molecular weight excluding hydrogens is 130 g/mol. The molecule has 0 fully saturated rings. The summed E-state index contributed by atoms with van der Waals surface area (Å²) in [6, 6.07) is 4.44. The van der Waals surface area contributed by atoms with Gasteiger partial charge < -0.3 is 0 Å². The molecule has 2 aromatic rings. The first-order chi connectivity index (χ1) is 4.86. The summed E-state index contributed by atoms with van der Waals surface area (Å²) < 4.78 is 17.5. The van der Waals surface area contributed by atoms with Crippen LogP contribution in [0.4, 0.5) is 4.39 Å². The zero-order chi connectivity index (χ0) is 6.97. The Hall–Kier alpha value is -1.12. The van der Waals surface area contributed by atoms with Crippen molar-refractivity contribution in [1.82, 2.24) is 0 Å². The summed E-state index contributed by atoms with van der Waals surface area (Å²) in [6.07, 6.45) is 1.55. The van der Waals surface area contributed by atoms with Gasteiger partial charge in [0.25, 0.3) is 0 Å². The predicted molar refractivity (Wildman–Crippen MR) is 37.5 cm³/mol. The summed E-state index contributed by atoms with van der Waals surface area (Å²) in [7, 11) is 0. The number of benzene rings is 1. The summed E-state index contributed by atoms with van der Waals surface area (Å²) in [4.78, 5) is 0. The van der Waals surface area contributed by atoms with Crippen molar-refractivity contribution in [2.45, 2.75) is 0 Å². The van der Waals surface area contributed by atoms with Crippen molar-refractivity contribution in [3.8, 4) is 0 Å². The maximum atomic E-state index is 12.5. The van der Waals surface area contributed by atoms with E-state index in [9.17, 15) is 4.39 Å². The van der Waals surface area contributed by atoms with E-state index in [0.717, 1.165) is 10.9 Å². The average Bonchev–Trinajstić information content (AvgIpc) is 2.33. The van der Waals surface area contributed by atoms with E-state index in [1.165, 1.54) is 12.1 Å². The summed E-state index contributed by atoms with van der Waals surface area (Å²) in [5.41, 5.74) is 0.724. The van der Waals surface area contributed by atoms with Gasteiger partial charge in [0.15, 0.2) is 0 Å². The van der Waals surface area contributed by atoms with Crippen LogP contribution >= 0.6 is 0 Å². The molecule has 0 saturated carbocycles. The van der Waals surface area contributed by atoms with Crippen LogP contribution in [0, 0.1) is 5.82 Å². The number of hydrogen-bond donors (Lipinski definition) is 0. The minimum absolute atomic E-state index is 0.228. The topological polar surface area (TPSA) is 13.1 Å². The van der Waals surface area contributed by atoms with Gasteiger partial charge in [-0.1, -0.05) is 0 Å². The van der Waals surface area contributed by atoms with Gasteiger partial charge in [0.05, 0.1) is 0 Å². The van der Waals surface area contributed by atoms with Gasteiger partial charge in [-0.2, -0.15) is 0 Å². The van der Waals surface area contributed by atoms with E-state index in [1.807, 2.05) is 0 Å². The quantitative estimate of drug-likeness (QED) is 0.536. The van der Waals surface area contributed by atoms with Crippen molar-refractivity contribution in [2.75, 3.05) is 0 Å². The summed E-state index contributed by atoms with van der Waals surface area (Å²) in [5, 5.41) is 0.806. The third kappa shape index (κ3) is 0.745. The number of rotatable bonds is 0. The van der Waals surface area contributed by atoms with Gasteiger partial charge in [-0.05, 0) is 0 Å². The van der Waals surface area contributed by atoms with E-state index >= 15 is 0 Å². The van der Waals surface area contributed by atoms with Gasteiger partial charge in [0, 0.05) is 0 Å². The molecule has 3 heteroatoms. The Bertz CT molecular complexity index is 355. The summed E-state index contributed by atoms with van der Waals surface area (Å²) in [5.74, 6) is -0.228. The molecule has 0 aliphatic heterocycles. The molecule has 2 rings (SSSR count). The van der Waals surface area contributed by atoms with Crippen LogP contribution < -0.4 is 0 Å².